The van der Waals surface area contributed by atoms with Crippen LogP contribution in [0.2, 0.25) is 0 Å². The first-order valence-corrected chi connectivity index (χ1v) is 6.50. The molecule has 18 heavy (non-hydrogen) atoms. The van der Waals surface area contributed by atoms with E-state index in [4.69, 9.17) is 0 Å². The lowest BCUT2D eigenvalue weighted by molar-refractivity contribution is 0.549. The number of hydrogen-bond acceptors (Lipinski definition) is 2. The summed E-state index contributed by atoms with van der Waals surface area (Å²) in [6.07, 6.45) is 3.82. The highest BCUT2D eigenvalue weighted by Crippen LogP contribution is 2.10. The van der Waals surface area contributed by atoms with Crippen LogP contribution in [0.4, 0.5) is 0 Å². The van der Waals surface area contributed by atoms with E-state index in [1.54, 1.807) is 0 Å². The molecule has 0 bridgehead atoms. The molecule has 0 aliphatic heterocycles. The van der Waals surface area contributed by atoms with Crippen molar-refractivity contribution in [2.45, 2.75) is 26.9 Å². The minimum absolute atomic E-state index is 0.684. The fourth-order valence-electron chi connectivity index (χ4n) is 1.95. The molecule has 1 heterocycles. The molecule has 0 saturated carbocycles. The summed E-state index contributed by atoms with van der Waals surface area (Å²) in [5.74, 6) is 0.684. The Morgan fingerprint density at radius 1 is 1.17 bits per heavy atom. The number of aromatic nitrogens is 2. The van der Waals surface area contributed by atoms with Gasteiger partial charge in [-0.3, -0.25) is 4.68 Å². The van der Waals surface area contributed by atoms with E-state index in [1.807, 2.05) is 23.1 Å². The second kappa shape index (κ2) is 6.36. The molecule has 3 nitrogen and oxygen atoms in total. The molecule has 0 fully saturated rings. The average molecular weight is 243 g/mol. The van der Waals surface area contributed by atoms with Crippen LogP contribution in [-0.4, -0.2) is 16.3 Å². The van der Waals surface area contributed by atoms with Crippen LogP contribution >= 0.6 is 0 Å². The van der Waals surface area contributed by atoms with Gasteiger partial charge in [-0.2, -0.15) is 5.10 Å². The van der Waals surface area contributed by atoms with Gasteiger partial charge in [0.2, 0.25) is 0 Å². The Balaban J connectivity index is 2.01. The summed E-state index contributed by atoms with van der Waals surface area (Å²) < 4.78 is 1.96. The van der Waals surface area contributed by atoms with Crippen LogP contribution < -0.4 is 5.32 Å². The van der Waals surface area contributed by atoms with Crippen LogP contribution in [0.15, 0.2) is 42.7 Å². The third-order valence-electron chi connectivity index (χ3n) is 2.88. The quantitative estimate of drug-likeness (QED) is 0.845. The van der Waals surface area contributed by atoms with Crippen LogP contribution in [0.25, 0.3) is 0 Å². The van der Waals surface area contributed by atoms with Crippen molar-refractivity contribution in [2.24, 2.45) is 5.92 Å². The highest BCUT2D eigenvalue weighted by molar-refractivity contribution is 5.27. The maximum Gasteiger partial charge on any atom is 0.0662 e. The Labute approximate surface area is 109 Å². The van der Waals surface area contributed by atoms with E-state index in [0.29, 0.717) is 5.92 Å². The highest BCUT2D eigenvalue weighted by Gasteiger charge is 2.03. The first-order chi connectivity index (χ1) is 8.75. The molecule has 0 amide bonds. The van der Waals surface area contributed by atoms with Gasteiger partial charge in [-0.15, -0.1) is 0 Å². The Morgan fingerprint density at radius 3 is 2.61 bits per heavy atom. The van der Waals surface area contributed by atoms with Crippen LogP contribution in [0.5, 0.6) is 0 Å². The topological polar surface area (TPSA) is 29.9 Å². The molecule has 1 N–H and O–H groups in total. The van der Waals surface area contributed by atoms with Crippen molar-refractivity contribution in [2.75, 3.05) is 6.54 Å². The Hall–Kier alpha value is -1.61. The van der Waals surface area contributed by atoms with Gasteiger partial charge >= 0.3 is 0 Å². The predicted octanol–water partition coefficient (Wildman–Crippen LogP) is 2.68. The van der Waals surface area contributed by atoms with E-state index >= 15 is 0 Å². The van der Waals surface area contributed by atoms with Gasteiger partial charge in [0.05, 0.1) is 6.54 Å². The molecule has 1 aromatic carbocycles. The SMILES string of the molecule is CC(C)CNCc1ccccc1Cn1cccn1. The smallest absolute Gasteiger partial charge is 0.0662 e. The standard InChI is InChI=1S/C15H21N3/c1-13(2)10-16-11-14-6-3-4-7-15(14)12-18-9-5-8-17-18/h3-9,13,16H,10-12H2,1-2H3. The molecule has 1 aromatic heterocycles. The molecule has 0 saturated heterocycles. The van der Waals surface area contributed by atoms with Crippen molar-refractivity contribution in [3.05, 3.63) is 53.9 Å². The van der Waals surface area contributed by atoms with Crippen LogP contribution in [0.1, 0.15) is 25.0 Å². The summed E-state index contributed by atoms with van der Waals surface area (Å²) in [7, 11) is 0. The minimum atomic E-state index is 0.684. The van der Waals surface area contributed by atoms with Gasteiger partial charge in [-0.25, -0.2) is 0 Å². The summed E-state index contributed by atoms with van der Waals surface area (Å²) in [5.41, 5.74) is 2.69. The first kappa shape index (κ1) is 12.8. The second-order valence-corrected chi connectivity index (χ2v) is 5.00. The number of nitrogens with zero attached hydrogens (tertiary/aromatic N) is 2. The van der Waals surface area contributed by atoms with Crippen molar-refractivity contribution in [3.63, 3.8) is 0 Å². The minimum Gasteiger partial charge on any atom is -0.312 e. The van der Waals surface area contributed by atoms with E-state index in [-0.39, 0.29) is 0 Å². The first-order valence-electron chi connectivity index (χ1n) is 6.50. The average Bonchev–Trinajstić information content (AvgIpc) is 2.84. The van der Waals surface area contributed by atoms with Gasteiger partial charge in [0.15, 0.2) is 0 Å². The molecule has 2 rings (SSSR count). The lowest BCUT2D eigenvalue weighted by atomic mass is 10.1. The van der Waals surface area contributed by atoms with Crippen LogP contribution in [0.3, 0.4) is 0 Å². The molecular formula is C15H21N3. The Kier molecular flexibility index (Phi) is 4.53. The zero-order valence-electron chi connectivity index (χ0n) is 11.1. The largest absolute Gasteiger partial charge is 0.312 e. The fourth-order valence-corrected chi connectivity index (χ4v) is 1.95. The van der Waals surface area contributed by atoms with Gasteiger partial charge in [-0.05, 0) is 29.7 Å². The van der Waals surface area contributed by atoms with E-state index in [0.717, 1.165) is 19.6 Å². The molecule has 3 heteroatoms. The van der Waals surface area contributed by atoms with Crippen molar-refractivity contribution in [1.82, 2.24) is 15.1 Å². The molecular weight excluding hydrogens is 222 g/mol. The van der Waals surface area contributed by atoms with Crippen molar-refractivity contribution in [1.29, 1.82) is 0 Å². The van der Waals surface area contributed by atoms with Crippen LogP contribution in [-0.2, 0) is 13.1 Å². The van der Waals surface area contributed by atoms with E-state index in [2.05, 4.69) is 48.5 Å². The lowest BCUT2D eigenvalue weighted by Gasteiger charge is -2.12. The van der Waals surface area contributed by atoms with Gasteiger partial charge in [0.1, 0.15) is 0 Å². The summed E-state index contributed by atoms with van der Waals surface area (Å²) in [5, 5.41) is 7.75. The highest BCUT2D eigenvalue weighted by atomic mass is 15.3. The zero-order chi connectivity index (χ0) is 12.8. The maximum absolute atomic E-state index is 4.26. The lowest BCUT2D eigenvalue weighted by Crippen LogP contribution is -2.20. The van der Waals surface area contributed by atoms with Crippen molar-refractivity contribution < 1.29 is 0 Å². The Bertz CT molecular complexity index is 460. The van der Waals surface area contributed by atoms with E-state index in [9.17, 15) is 0 Å². The summed E-state index contributed by atoms with van der Waals surface area (Å²) in [4.78, 5) is 0. The van der Waals surface area contributed by atoms with Gasteiger partial charge < -0.3 is 5.32 Å². The molecule has 0 spiro atoms. The van der Waals surface area contributed by atoms with E-state index < -0.39 is 0 Å². The third kappa shape index (κ3) is 3.70. The summed E-state index contributed by atoms with van der Waals surface area (Å²) in [6, 6.07) is 10.5. The molecule has 0 aliphatic rings. The third-order valence-corrected chi connectivity index (χ3v) is 2.88. The van der Waals surface area contributed by atoms with Gasteiger partial charge in [0, 0.05) is 18.9 Å². The van der Waals surface area contributed by atoms with Crippen molar-refractivity contribution in [3.8, 4) is 0 Å². The summed E-state index contributed by atoms with van der Waals surface area (Å²) >= 11 is 0. The molecule has 96 valence electrons. The predicted molar refractivity (Wildman–Crippen MR) is 74.3 cm³/mol. The van der Waals surface area contributed by atoms with Gasteiger partial charge in [0.25, 0.3) is 0 Å². The van der Waals surface area contributed by atoms with Crippen LogP contribution in [0, 0.1) is 5.92 Å². The number of rotatable bonds is 6. The molecule has 0 aliphatic carbocycles. The maximum atomic E-state index is 4.26. The molecule has 0 radical (unpaired) electrons. The Morgan fingerprint density at radius 2 is 1.94 bits per heavy atom. The number of benzene rings is 1. The monoisotopic (exact) mass is 243 g/mol. The molecule has 2 aromatic rings. The normalized spacial score (nSPS) is 11.1. The number of nitrogens with one attached hydrogen (secondary N) is 1. The molecule has 0 unspecified atom stereocenters. The fraction of sp³-hybridized carbons (Fsp3) is 0.400. The molecule has 0 atom stereocenters. The second-order valence-electron chi connectivity index (χ2n) is 5.00. The van der Waals surface area contributed by atoms with Crippen molar-refractivity contribution >= 4 is 0 Å². The zero-order valence-corrected chi connectivity index (χ0v) is 11.1. The summed E-state index contributed by atoms with van der Waals surface area (Å²) in [6.45, 7) is 7.27. The van der Waals surface area contributed by atoms with Gasteiger partial charge in [-0.1, -0.05) is 38.1 Å². The number of hydrogen-bond donors (Lipinski definition) is 1. The van der Waals surface area contributed by atoms with E-state index in [1.165, 1.54) is 11.1 Å².